The zero-order chi connectivity index (χ0) is 12.8. The fraction of sp³-hybridized carbons (Fsp3) is 0.400. The van der Waals surface area contributed by atoms with E-state index in [9.17, 15) is 9.00 Å². The van der Waals surface area contributed by atoms with Crippen molar-refractivity contribution in [3.8, 4) is 0 Å². The normalized spacial score (nSPS) is 12.1. The van der Waals surface area contributed by atoms with E-state index in [4.69, 9.17) is 16.7 Å². The maximum Gasteiger partial charge on any atom is 0.337 e. The molecule has 1 aromatic rings. The molecule has 7 heteroatoms. The van der Waals surface area contributed by atoms with Gasteiger partial charge in [-0.2, -0.15) is 0 Å². The predicted molar refractivity (Wildman–Crippen MR) is 68.2 cm³/mol. The Bertz CT molecular complexity index is 440. The van der Waals surface area contributed by atoms with Crippen LogP contribution in [0, 0.1) is 0 Å². The van der Waals surface area contributed by atoms with Gasteiger partial charge >= 0.3 is 5.97 Å². The molecule has 17 heavy (non-hydrogen) atoms. The average Bonchev–Trinajstić information content (AvgIpc) is 2.25. The van der Waals surface area contributed by atoms with Crippen LogP contribution in [-0.4, -0.2) is 38.8 Å². The first kappa shape index (κ1) is 13.9. The van der Waals surface area contributed by atoms with Crippen molar-refractivity contribution in [3.63, 3.8) is 0 Å². The molecule has 1 heterocycles. The number of hydrogen-bond acceptors (Lipinski definition) is 4. The fourth-order valence-corrected chi connectivity index (χ4v) is 1.95. The van der Waals surface area contributed by atoms with E-state index in [1.807, 2.05) is 0 Å². The van der Waals surface area contributed by atoms with Crippen molar-refractivity contribution < 1.29 is 14.1 Å². The lowest BCUT2D eigenvalue weighted by Crippen LogP contribution is -2.08. The summed E-state index contributed by atoms with van der Waals surface area (Å²) < 4.78 is 10.8. The largest absolute Gasteiger partial charge is 0.478 e. The van der Waals surface area contributed by atoms with E-state index in [0.29, 0.717) is 18.1 Å². The lowest BCUT2D eigenvalue weighted by Gasteiger charge is -2.07. The molecule has 94 valence electrons. The van der Waals surface area contributed by atoms with Gasteiger partial charge in [0.2, 0.25) is 0 Å². The van der Waals surface area contributed by atoms with Crippen LogP contribution in [0.15, 0.2) is 12.3 Å². The number of halogens is 1. The molecule has 0 aromatic carbocycles. The zero-order valence-corrected chi connectivity index (χ0v) is 10.8. The lowest BCUT2D eigenvalue weighted by atomic mass is 10.3. The van der Waals surface area contributed by atoms with Gasteiger partial charge in [-0.3, -0.25) is 4.21 Å². The van der Waals surface area contributed by atoms with Gasteiger partial charge in [0.15, 0.2) is 0 Å². The molecule has 0 aliphatic carbocycles. The van der Waals surface area contributed by atoms with Gasteiger partial charge in [-0.15, -0.1) is 0 Å². The van der Waals surface area contributed by atoms with E-state index < -0.39 is 16.8 Å². The number of carboxylic acid groups (broad SMARTS) is 1. The standard InChI is InChI=1S/C10H13ClN2O3S/c1-17(16)4-2-3-12-9-8(11)5-7(6-13-9)10(14)15/h5-6H,2-4H2,1H3,(H,12,13)(H,14,15). The molecule has 5 nitrogen and oxygen atoms in total. The van der Waals surface area contributed by atoms with Gasteiger partial charge in [0.1, 0.15) is 5.82 Å². The second-order valence-electron chi connectivity index (χ2n) is 3.42. The topological polar surface area (TPSA) is 79.3 Å². The third-order valence-electron chi connectivity index (χ3n) is 1.99. The molecule has 0 radical (unpaired) electrons. The Balaban J connectivity index is 2.54. The highest BCUT2D eigenvalue weighted by Gasteiger charge is 2.07. The van der Waals surface area contributed by atoms with Crippen molar-refractivity contribution >= 4 is 34.2 Å². The predicted octanol–water partition coefficient (Wildman–Crippen LogP) is 1.61. The van der Waals surface area contributed by atoms with Crippen molar-refractivity contribution in [2.75, 3.05) is 23.9 Å². The van der Waals surface area contributed by atoms with E-state index in [0.717, 1.165) is 6.42 Å². The zero-order valence-electron chi connectivity index (χ0n) is 9.27. The summed E-state index contributed by atoms with van der Waals surface area (Å²) in [5.74, 6) is -0.0106. The van der Waals surface area contributed by atoms with Crippen molar-refractivity contribution in [2.45, 2.75) is 6.42 Å². The van der Waals surface area contributed by atoms with E-state index in [1.54, 1.807) is 6.26 Å². The average molecular weight is 277 g/mol. The summed E-state index contributed by atoms with van der Waals surface area (Å²) in [5, 5.41) is 12.0. The Labute approximate surface area is 107 Å². The summed E-state index contributed by atoms with van der Waals surface area (Å²) in [5.41, 5.74) is 0.0511. The second-order valence-corrected chi connectivity index (χ2v) is 5.38. The number of anilines is 1. The number of aromatic nitrogens is 1. The number of pyridine rings is 1. The van der Waals surface area contributed by atoms with Crippen LogP contribution < -0.4 is 5.32 Å². The summed E-state index contributed by atoms with van der Waals surface area (Å²) >= 11 is 5.87. The molecule has 1 rings (SSSR count). The molecule has 0 saturated heterocycles. The van der Waals surface area contributed by atoms with Gasteiger partial charge in [-0.05, 0) is 12.5 Å². The van der Waals surface area contributed by atoms with Gasteiger partial charge in [-0.1, -0.05) is 11.6 Å². The third kappa shape index (κ3) is 4.70. The number of rotatable bonds is 6. The summed E-state index contributed by atoms with van der Waals surface area (Å²) in [4.78, 5) is 14.6. The Morgan fingerprint density at radius 3 is 2.88 bits per heavy atom. The van der Waals surface area contributed by atoms with Crippen LogP contribution in [0.25, 0.3) is 0 Å². The summed E-state index contributed by atoms with van der Waals surface area (Å²) in [6.07, 6.45) is 3.63. The molecule has 0 aliphatic heterocycles. The molecular formula is C10H13ClN2O3S. The molecule has 1 unspecified atom stereocenters. The van der Waals surface area contributed by atoms with Gasteiger partial charge in [0.05, 0.1) is 10.6 Å². The Hall–Kier alpha value is -1.14. The molecule has 0 aliphatic rings. The van der Waals surface area contributed by atoms with E-state index in [2.05, 4.69) is 10.3 Å². The highest BCUT2D eigenvalue weighted by Crippen LogP contribution is 2.19. The number of aromatic carboxylic acids is 1. The molecule has 0 spiro atoms. The number of carbonyl (C=O) groups is 1. The van der Waals surface area contributed by atoms with Crippen molar-refractivity contribution in [1.82, 2.24) is 4.98 Å². The molecule has 2 N–H and O–H groups in total. The molecule has 0 fully saturated rings. The SMILES string of the molecule is CS(=O)CCCNc1ncc(C(=O)O)cc1Cl. The van der Waals surface area contributed by atoms with Crippen LogP contribution in [-0.2, 0) is 10.8 Å². The first-order valence-corrected chi connectivity index (χ1v) is 7.04. The van der Waals surface area contributed by atoms with Crippen LogP contribution in [0.5, 0.6) is 0 Å². The fourth-order valence-electron chi connectivity index (χ4n) is 1.17. The molecule has 0 bridgehead atoms. The highest BCUT2D eigenvalue weighted by molar-refractivity contribution is 7.84. The number of nitrogens with one attached hydrogen (secondary N) is 1. The first-order valence-electron chi connectivity index (χ1n) is 4.93. The van der Waals surface area contributed by atoms with Crippen LogP contribution in [0.3, 0.4) is 0 Å². The highest BCUT2D eigenvalue weighted by atomic mass is 35.5. The Morgan fingerprint density at radius 2 is 2.35 bits per heavy atom. The molecule has 0 amide bonds. The summed E-state index contributed by atoms with van der Waals surface area (Å²) in [6, 6.07) is 1.34. The third-order valence-corrected chi connectivity index (χ3v) is 3.14. The monoisotopic (exact) mass is 276 g/mol. The minimum atomic E-state index is -1.06. The second kappa shape index (κ2) is 6.56. The number of carboxylic acids is 1. The van der Waals surface area contributed by atoms with E-state index >= 15 is 0 Å². The number of nitrogens with zero attached hydrogens (tertiary/aromatic N) is 1. The lowest BCUT2D eigenvalue weighted by molar-refractivity contribution is 0.0696. The molecular weight excluding hydrogens is 264 g/mol. The van der Waals surface area contributed by atoms with Gasteiger partial charge in [0.25, 0.3) is 0 Å². The van der Waals surface area contributed by atoms with E-state index in [-0.39, 0.29) is 10.6 Å². The minimum absolute atomic E-state index is 0.0511. The Morgan fingerprint density at radius 1 is 1.65 bits per heavy atom. The molecule has 0 saturated carbocycles. The van der Waals surface area contributed by atoms with Crippen LogP contribution in [0.4, 0.5) is 5.82 Å². The van der Waals surface area contributed by atoms with Crippen molar-refractivity contribution in [1.29, 1.82) is 0 Å². The smallest absolute Gasteiger partial charge is 0.337 e. The molecule has 1 aromatic heterocycles. The number of hydrogen-bond donors (Lipinski definition) is 2. The van der Waals surface area contributed by atoms with Gasteiger partial charge in [-0.25, -0.2) is 9.78 Å². The molecule has 1 atom stereocenters. The van der Waals surface area contributed by atoms with Gasteiger partial charge in [0, 0.05) is 35.5 Å². The van der Waals surface area contributed by atoms with E-state index in [1.165, 1.54) is 12.3 Å². The first-order chi connectivity index (χ1) is 8.00. The summed E-state index contributed by atoms with van der Waals surface area (Å²) in [7, 11) is -0.810. The van der Waals surface area contributed by atoms with Crippen LogP contribution in [0.1, 0.15) is 16.8 Å². The van der Waals surface area contributed by atoms with Crippen molar-refractivity contribution in [3.05, 3.63) is 22.8 Å². The van der Waals surface area contributed by atoms with Crippen LogP contribution in [0.2, 0.25) is 5.02 Å². The van der Waals surface area contributed by atoms with Crippen LogP contribution >= 0.6 is 11.6 Å². The van der Waals surface area contributed by atoms with Gasteiger partial charge < -0.3 is 10.4 Å². The minimum Gasteiger partial charge on any atom is -0.478 e. The summed E-state index contributed by atoms with van der Waals surface area (Å²) in [6.45, 7) is 0.596. The maximum atomic E-state index is 10.8. The quantitative estimate of drug-likeness (QED) is 0.772. The van der Waals surface area contributed by atoms with Crippen molar-refractivity contribution in [2.24, 2.45) is 0 Å². The maximum absolute atomic E-state index is 10.8. The Kier molecular flexibility index (Phi) is 5.37.